The third-order valence-corrected chi connectivity index (χ3v) is 4.91. The highest BCUT2D eigenvalue weighted by Gasteiger charge is 2.53. The second-order valence-electron chi connectivity index (χ2n) is 6.67. The maximum absolute atomic E-state index is 13.9. The van der Waals surface area contributed by atoms with E-state index in [1.165, 1.54) is 6.07 Å². The summed E-state index contributed by atoms with van der Waals surface area (Å²) in [6, 6.07) is 15.5. The lowest BCUT2D eigenvalue weighted by Gasteiger charge is -2.13. The highest BCUT2D eigenvalue weighted by Crippen LogP contribution is 2.48. The smallest absolute Gasteiger partial charge is 0.232 e. The Hall–Kier alpha value is -3.15. The van der Waals surface area contributed by atoms with Gasteiger partial charge in [0.25, 0.3) is 0 Å². The van der Waals surface area contributed by atoms with Crippen molar-refractivity contribution in [1.82, 2.24) is 10.5 Å². The zero-order valence-electron chi connectivity index (χ0n) is 14.9. The first-order valence-corrected chi connectivity index (χ1v) is 8.76. The number of nitrogens with zero attached hydrogens (tertiary/aromatic N) is 1. The Labute approximate surface area is 156 Å². The van der Waals surface area contributed by atoms with E-state index >= 15 is 0 Å². The van der Waals surface area contributed by atoms with Crippen LogP contribution in [0.1, 0.15) is 24.1 Å². The molecule has 1 aliphatic rings. The van der Waals surface area contributed by atoms with E-state index in [2.05, 4.69) is 10.5 Å². The summed E-state index contributed by atoms with van der Waals surface area (Å²) in [7, 11) is 1.61. The van der Waals surface area contributed by atoms with Crippen LogP contribution in [-0.2, 0) is 16.8 Å². The number of aromatic nitrogens is 1. The summed E-state index contributed by atoms with van der Waals surface area (Å²) in [4.78, 5) is 12.8. The normalized spacial score (nSPS) is 14.6. The monoisotopic (exact) mass is 366 g/mol. The Bertz CT molecular complexity index is 979. The van der Waals surface area contributed by atoms with Crippen molar-refractivity contribution in [1.29, 1.82) is 0 Å². The predicted octanol–water partition coefficient (Wildman–Crippen LogP) is 3.84. The second kappa shape index (κ2) is 6.87. The number of hydrogen-bond donors (Lipinski definition) is 1. The van der Waals surface area contributed by atoms with Crippen molar-refractivity contribution in [3.63, 3.8) is 0 Å². The third-order valence-electron chi connectivity index (χ3n) is 4.91. The van der Waals surface area contributed by atoms with Crippen molar-refractivity contribution in [2.75, 3.05) is 7.11 Å². The quantitative estimate of drug-likeness (QED) is 0.720. The number of benzene rings is 2. The van der Waals surface area contributed by atoms with Crippen LogP contribution in [0.4, 0.5) is 4.39 Å². The highest BCUT2D eigenvalue weighted by atomic mass is 19.1. The SMILES string of the molecule is COc1cccc(CNC(=O)C2(c3cc(-c4ccccc4F)on3)CC2)c1. The van der Waals surface area contributed by atoms with Gasteiger partial charge >= 0.3 is 0 Å². The Morgan fingerprint density at radius 2 is 2.04 bits per heavy atom. The zero-order chi connectivity index (χ0) is 18.9. The average Bonchev–Trinajstić information content (AvgIpc) is 3.37. The molecule has 1 aromatic heterocycles. The van der Waals surface area contributed by atoms with Crippen LogP contribution in [-0.4, -0.2) is 18.2 Å². The number of hydrogen-bond acceptors (Lipinski definition) is 4. The van der Waals surface area contributed by atoms with Gasteiger partial charge in [0.05, 0.1) is 23.8 Å². The van der Waals surface area contributed by atoms with Gasteiger partial charge in [-0.3, -0.25) is 4.79 Å². The molecule has 1 amide bonds. The van der Waals surface area contributed by atoms with Crippen molar-refractivity contribution in [3.05, 3.63) is 71.7 Å². The molecule has 0 unspecified atom stereocenters. The third kappa shape index (κ3) is 3.30. The van der Waals surface area contributed by atoms with Crippen molar-refractivity contribution >= 4 is 5.91 Å². The fourth-order valence-electron chi connectivity index (χ4n) is 3.15. The number of carbonyl (C=O) groups is 1. The largest absolute Gasteiger partial charge is 0.497 e. The van der Waals surface area contributed by atoms with E-state index < -0.39 is 5.41 Å². The summed E-state index contributed by atoms with van der Waals surface area (Å²) in [6.45, 7) is 0.399. The fraction of sp³-hybridized carbons (Fsp3) is 0.238. The van der Waals surface area contributed by atoms with Gasteiger partial charge < -0.3 is 14.6 Å². The molecule has 0 bridgehead atoms. The maximum atomic E-state index is 13.9. The molecule has 5 nitrogen and oxygen atoms in total. The van der Waals surface area contributed by atoms with E-state index in [1.807, 2.05) is 24.3 Å². The van der Waals surface area contributed by atoms with E-state index in [1.54, 1.807) is 31.4 Å². The molecular weight excluding hydrogens is 347 g/mol. The summed E-state index contributed by atoms with van der Waals surface area (Å²) in [5.74, 6) is 0.593. The van der Waals surface area contributed by atoms with Crippen LogP contribution in [0.25, 0.3) is 11.3 Å². The Balaban J connectivity index is 1.49. The van der Waals surface area contributed by atoms with Crippen LogP contribution < -0.4 is 10.1 Å². The van der Waals surface area contributed by atoms with Gasteiger partial charge in [-0.15, -0.1) is 0 Å². The van der Waals surface area contributed by atoms with Gasteiger partial charge in [-0.25, -0.2) is 4.39 Å². The van der Waals surface area contributed by atoms with Crippen molar-refractivity contribution < 1.29 is 18.4 Å². The molecule has 2 aromatic carbocycles. The molecule has 6 heteroatoms. The lowest BCUT2D eigenvalue weighted by atomic mass is 10.00. The van der Waals surface area contributed by atoms with Crippen LogP contribution in [0.2, 0.25) is 0 Å². The molecule has 1 saturated carbocycles. The summed E-state index contributed by atoms with van der Waals surface area (Å²) in [6.07, 6.45) is 1.39. The molecule has 4 rings (SSSR count). The van der Waals surface area contributed by atoms with Gasteiger partial charge in [0.1, 0.15) is 11.6 Å². The van der Waals surface area contributed by atoms with Crippen LogP contribution >= 0.6 is 0 Å². The molecule has 0 atom stereocenters. The minimum absolute atomic E-state index is 0.0984. The number of carbonyl (C=O) groups excluding carboxylic acids is 1. The molecule has 27 heavy (non-hydrogen) atoms. The van der Waals surface area contributed by atoms with E-state index in [4.69, 9.17) is 9.26 Å². The molecule has 1 fully saturated rings. The summed E-state index contributed by atoms with van der Waals surface area (Å²) >= 11 is 0. The van der Waals surface area contributed by atoms with Gasteiger partial charge in [0.15, 0.2) is 5.76 Å². The minimum atomic E-state index is -0.689. The molecule has 0 spiro atoms. The molecule has 1 heterocycles. The first-order valence-electron chi connectivity index (χ1n) is 8.76. The highest BCUT2D eigenvalue weighted by molar-refractivity contribution is 5.91. The van der Waals surface area contributed by atoms with Crippen LogP contribution in [0.5, 0.6) is 5.75 Å². The standard InChI is InChI=1S/C21H19FN2O3/c1-26-15-6-4-5-14(11-15)13-23-20(25)21(9-10-21)19-12-18(27-24-19)16-7-2-3-8-17(16)22/h2-8,11-12H,9-10,13H2,1H3,(H,23,25). The zero-order valence-corrected chi connectivity index (χ0v) is 14.9. The Morgan fingerprint density at radius 1 is 1.22 bits per heavy atom. The van der Waals surface area contributed by atoms with E-state index in [9.17, 15) is 9.18 Å². The summed E-state index contributed by atoms with van der Waals surface area (Å²) in [5.41, 5.74) is 1.14. The minimum Gasteiger partial charge on any atom is -0.497 e. The van der Waals surface area contributed by atoms with Gasteiger partial charge in [0.2, 0.25) is 5.91 Å². The number of rotatable bonds is 6. The van der Waals surface area contributed by atoms with E-state index in [0.717, 1.165) is 11.3 Å². The molecule has 1 aliphatic carbocycles. The van der Waals surface area contributed by atoms with Crippen LogP contribution in [0.3, 0.4) is 0 Å². The van der Waals surface area contributed by atoms with E-state index in [0.29, 0.717) is 36.4 Å². The molecular formula is C21H19FN2O3. The lowest BCUT2D eigenvalue weighted by Crippen LogP contribution is -2.34. The van der Waals surface area contributed by atoms with E-state index in [-0.39, 0.29) is 11.7 Å². The number of nitrogens with one attached hydrogen (secondary N) is 1. The number of halogens is 1. The van der Waals surface area contributed by atoms with Gasteiger partial charge in [-0.2, -0.15) is 0 Å². The van der Waals surface area contributed by atoms with Gasteiger partial charge in [-0.05, 0) is 42.7 Å². The second-order valence-corrected chi connectivity index (χ2v) is 6.67. The molecule has 138 valence electrons. The topological polar surface area (TPSA) is 64.4 Å². The predicted molar refractivity (Wildman–Crippen MR) is 97.6 cm³/mol. The maximum Gasteiger partial charge on any atom is 0.232 e. The van der Waals surface area contributed by atoms with Gasteiger partial charge in [0, 0.05) is 12.6 Å². The molecule has 1 N–H and O–H groups in total. The fourth-order valence-corrected chi connectivity index (χ4v) is 3.15. The lowest BCUT2D eigenvalue weighted by molar-refractivity contribution is -0.123. The average molecular weight is 366 g/mol. The van der Waals surface area contributed by atoms with Crippen LogP contribution in [0.15, 0.2) is 59.1 Å². The first-order chi connectivity index (χ1) is 13.1. The number of amides is 1. The number of methoxy groups -OCH3 is 1. The Morgan fingerprint density at radius 3 is 2.78 bits per heavy atom. The summed E-state index contributed by atoms with van der Waals surface area (Å²) < 4.78 is 24.5. The summed E-state index contributed by atoms with van der Waals surface area (Å²) in [5, 5.41) is 7.01. The number of ether oxygens (including phenoxy) is 1. The van der Waals surface area contributed by atoms with Gasteiger partial charge in [-0.1, -0.05) is 29.4 Å². The molecule has 0 saturated heterocycles. The molecule has 0 radical (unpaired) electrons. The molecule has 0 aliphatic heterocycles. The Kier molecular flexibility index (Phi) is 4.39. The van der Waals surface area contributed by atoms with Crippen molar-refractivity contribution in [2.24, 2.45) is 0 Å². The van der Waals surface area contributed by atoms with Crippen molar-refractivity contribution in [3.8, 4) is 17.1 Å². The first kappa shape index (κ1) is 17.3. The molecule has 3 aromatic rings. The van der Waals surface area contributed by atoms with Crippen molar-refractivity contribution in [2.45, 2.75) is 24.8 Å². The van der Waals surface area contributed by atoms with Crippen LogP contribution in [0, 0.1) is 5.82 Å².